The summed E-state index contributed by atoms with van der Waals surface area (Å²) in [5, 5.41) is 3.35. The summed E-state index contributed by atoms with van der Waals surface area (Å²) in [6, 6.07) is 0.361. The van der Waals surface area contributed by atoms with Gasteiger partial charge in [-0.3, -0.25) is 0 Å². The molecule has 0 aliphatic carbocycles. The molecule has 0 saturated heterocycles. The molecule has 4 nitrogen and oxygen atoms in total. The average molecular weight is 203 g/mol. The van der Waals surface area contributed by atoms with Crippen molar-refractivity contribution < 1.29 is 4.74 Å². The second-order valence-electron chi connectivity index (χ2n) is 3.88. The Morgan fingerprint density at radius 3 is 2.50 bits per heavy atom. The number of likely N-dealkylation sites (N-methyl/N-ethyl adjacent to an activating group) is 1. The van der Waals surface area contributed by atoms with Crippen LogP contribution in [0.5, 0.6) is 0 Å². The van der Waals surface area contributed by atoms with Gasteiger partial charge in [-0.15, -0.1) is 0 Å². The average Bonchev–Trinajstić information content (AvgIpc) is 2.13. The summed E-state index contributed by atoms with van der Waals surface area (Å²) in [4.78, 5) is 2.13. The van der Waals surface area contributed by atoms with Gasteiger partial charge in [0.05, 0.1) is 6.10 Å². The number of rotatable bonds is 8. The molecule has 4 heteroatoms. The van der Waals surface area contributed by atoms with Gasteiger partial charge in [0.25, 0.3) is 0 Å². The topological polar surface area (TPSA) is 50.5 Å². The van der Waals surface area contributed by atoms with Crippen LogP contribution in [-0.2, 0) is 4.74 Å². The molecule has 0 radical (unpaired) electrons. The highest BCUT2D eigenvalue weighted by molar-refractivity contribution is 4.68. The van der Waals surface area contributed by atoms with Gasteiger partial charge in [0.15, 0.2) is 0 Å². The molecular formula is C10H25N3O. The molecule has 2 atom stereocenters. The molecule has 0 fully saturated rings. The Kier molecular flexibility index (Phi) is 8.08. The maximum absolute atomic E-state index is 5.60. The number of hydrogen-bond acceptors (Lipinski definition) is 4. The lowest BCUT2D eigenvalue weighted by atomic mass is 10.3. The van der Waals surface area contributed by atoms with E-state index in [4.69, 9.17) is 10.5 Å². The van der Waals surface area contributed by atoms with E-state index >= 15 is 0 Å². The van der Waals surface area contributed by atoms with Gasteiger partial charge in [0.2, 0.25) is 0 Å². The van der Waals surface area contributed by atoms with Gasteiger partial charge >= 0.3 is 0 Å². The fourth-order valence-electron chi connectivity index (χ4n) is 1.24. The molecule has 0 amide bonds. The predicted molar refractivity (Wildman–Crippen MR) is 60.5 cm³/mol. The van der Waals surface area contributed by atoms with Crippen molar-refractivity contribution in [2.45, 2.75) is 26.0 Å². The van der Waals surface area contributed by atoms with Gasteiger partial charge in [-0.05, 0) is 27.9 Å². The van der Waals surface area contributed by atoms with Crippen LogP contribution in [0, 0.1) is 0 Å². The van der Waals surface area contributed by atoms with E-state index in [1.54, 1.807) is 0 Å². The van der Waals surface area contributed by atoms with E-state index in [9.17, 15) is 0 Å². The molecule has 0 spiro atoms. The quantitative estimate of drug-likeness (QED) is 0.578. The van der Waals surface area contributed by atoms with Crippen LogP contribution in [0.15, 0.2) is 0 Å². The monoisotopic (exact) mass is 203 g/mol. The van der Waals surface area contributed by atoms with Crippen LogP contribution in [0.2, 0.25) is 0 Å². The zero-order chi connectivity index (χ0) is 11.0. The second-order valence-corrected chi connectivity index (χ2v) is 3.88. The normalized spacial score (nSPS) is 15.9. The van der Waals surface area contributed by atoms with Crippen LogP contribution in [-0.4, -0.2) is 57.4 Å². The van der Waals surface area contributed by atoms with Crippen LogP contribution < -0.4 is 11.1 Å². The summed E-state index contributed by atoms with van der Waals surface area (Å²) in [6.45, 7) is 7.34. The summed E-state index contributed by atoms with van der Waals surface area (Å²) in [6.07, 6.45) is 0.254. The minimum Gasteiger partial charge on any atom is -0.376 e. The molecule has 0 aromatic heterocycles. The summed E-state index contributed by atoms with van der Waals surface area (Å²) in [5.41, 5.74) is 5.52. The first-order valence-corrected chi connectivity index (χ1v) is 5.29. The minimum absolute atomic E-state index is 0.254. The van der Waals surface area contributed by atoms with Gasteiger partial charge in [-0.2, -0.15) is 0 Å². The summed E-state index contributed by atoms with van der Waals surface area (Å²) in [5.74, 6) is 0. The number of nitrogens with zero attached hydrogens (tertiary/aromatic N) is 1. The van der Waals surface area contributed by atoms with E-state index in [-0.39, 0.29) is 6.10 Å². The third-order valence-electron chi connectivity index (χ3n) is 2.02. The van der Waals surface area contributed by atoms with E-state index in [1.165, 1.54) is 0 Å². The Labute approximate surface area is 87.8 Å². The van der Waals surface area contributed by atoms with Crippen molar-refractivity contribution in [3.05, 3.63) is 0 Å². The molecule has 0 aliphatic heterocycles. The van der Waals surface area contributed by atoms with Crippen molar-refractivity contribution in [3.8, 4) is 0 Å². The zero-order valence-electron chi connectivity index (χ0n) is 9.92. The van der Waals surface area contributed by atoms with Crippen molar-refractivity contribution in [1.82, 2.24) is 10.2 Å². The van der Waals surface area contributed by atoms with Gasteiger partial charge in [-0.1, -0.05) is 0 Å². The van der Waals surface area contributed by atoms with Gasteiger partial charge in [-0.25, -0.2) is 0 Å². The van der Waals surface area contributed by atoms with Gasteiger partial charge < -0.3 is 20.7 Å². The Hall–Kier alpha value is -0.160. The first-order chi connectivity index (χ1) is 6.60. The van der Waals surface area contributed by atoms with Crippen LogP contribution in [0.4, 0.5) is 0 Å². The lowest BCUT2D eigenvalue weighted by molar-refractivity contribution is 0.0431. The fourth-order valence-corrected chi connectivity index (χ4v) is 1.24. The number of nitrogens with two attached hydrogens (primary N) is 1. The Balaban J connectivity index is 3.72. The number of ether oxygens (including phenoxy) is 1. The highest BCUT2D eigenvalue weighted by Gasteiger charge is 2.10. The van der Waals surface area contributed by atoms with Crippen molar-refractivity contribution >= 4 is 0 Å². The maximum atomic E-state index is 5.60. The van der Waals surface area contributed by atoms with Crippen LogP contribution in [0.3, 0.4) is 0 Å². The number of hydrogen-bond donors (Lipinski definition) is 2. The highest BCUT2D eigenvalue weighted by Crippen LogP contribution is 1.93. The molecule has 0 aromatic carbocycles. The third-order valence-corrected chi connectivity index (χ3v) is 2.02. The molecule has 0 bridgehead atoms. The van der Waals surface area contributed by atoms with Gasteiger partial charge in [0.1, 0.15) is 0 Å². The highest BCUT2D eigenvalue weighted by atomic mass is 16.5. The largest absolute Gasteiger partial charge is 0.376 e. The van der Waals surface area contributed by atoms with E-state index in [0.29, 0.717) is 12.6 Å². The summed E-state index contributed by atoms with van der Waals surface area (Å²) in [7, 11) is 4.11. The molecule has 14 heavy (non-hydrogen) atoms. The third kappa shape index (κ3) is 7.26. The van der Waals surface area contributed by atoms with E-state index < -0.39 is 0 Å². The molecule has 0 aromatic rings. The van der Waals surface area contributed by atoms with E-state index in [1.807, 2.05) is 6.92 Å². The predicted octanol–water partition coefficient (Wildman–Crippen LogP) is -0.110. The first kappa shape index (κ1) is 13.8. The molecule has 0 saturated carbocycles. The lowest BCUT2D eigenvalue weighted by Gasteiger charge is -2.23. The molecular weight excluding hydrogens is 178 g/mol. The maximum Gasteiger partial charge on any atom is 0.0825 e. The van der Waals surface area contributed by atoms with E-state index in [0.717, 1.165) is 19.7 Å². The molecule has 86 valence electrons. The van der Waals surface area contributed by atoms with Gasteiger partial charge in [0, 0.05) is 32.3 Å². The molecule has 0 heterocycles. The zero-order valence-corrected chi connectivity index (χ0v) is 9.92. The van der Waals surface area contributed by atoms with Crippen LogP contribution in [0.25, 0.3) is 0 Å². The van der Waals surface area contributed by atoms with Crippen LogP contribution in [0.1, 0.15) is 13.8 Å². The summed E-state index contributed by atoms with van der Waals surface area (Å²) < 4.78 is 5.60. The standard InChI is InChI=1S/C10H25N3O/c1-5-14-10(8-13(3)4)7-12-9(2)6-11/h9-10,12H,5-8,11H2,1-4H3. The van der Waals surface area contributed by atoms with Crippen molar-refractivity contribution in [1.29, 1.82) is 0 Å². The number of nitrogens with one attached hydrogen (secondary N) is 1. The molecule has 2 unspecified atom stereocenters. The Morgan fingerprint density at radius 2 is 2.07 bits per heavy atom. The molecule has 0 rings (SSSR count). The summed E-state index contributed by atoms with van der Waals surface area (Å²) >= 11 is 0. The SMILES string of the molecule is CCOC(CNC(C)CN)CN(C)C. The Bertz CT molecular complexity index is 131. The lowest BCUT2D eigenvalue weighted by Crippen LogP contribution is -2.42. The first-order valence-electron chi connectivity index (χ1n) is 5.29. The van der Waals surface area contributed by atoms with Crippen molar-refractivity contribution in [3.63, 3.8) is 0 Å². The van der Waals surface area contributed by atoms with E-state index in [2.05, 4.69) is 31.2 Å². The van der Waals surface area contributed by atoms with Crippen LogP contribution >= 0.6 is 0 Å². The smallest absolute Gasteiger partial charge is 0.0825 e. The van der Waals surface area contributed by atoms with Crippen molar-refractivity contribution in [2.24, 2.45) is 5.73 Å². The van der Waals surface area contributed by atoms with Crippen molar-refractivity contribution in [2.75, 3.05) is 40.3 Å². The molecule has 3 N–H and O–H groups in total. The minimum atomic E-state index is 0.254. The Morgan fingerprint density at radius 1 is 1.43 bits per heavy atom. The molecule has 0 aliphatic rings. The fraction of sp³-hybridized carbons (Fsp3) is 1.00. The second kappa shape index (κ2) is 8.17.